The Balaban J connectivity index is 1.44. The van der Waals surface area contributed by atoms with Crippen LogP contribution >= 0.6 is 0 Å². The molecule has 1 aliphatic rings. The Morgan fingerprint density at radius 2 is 1.57 bits per heavy atom. The van der Waals surface area contributed by atoms with Crippen LogP contribution in [0.5, 0.6) is 11.5 Å². The van der Waals surface area contributed by atoms with Crippen molar-refractivity contribution in [1.29, 1.82) is 0 Å². The lowest BCUT2D eigenvalue weighted by molar-refractivity contribution is 0.249. The zero-order chi connectivity index (χ0) is 21.1. The maximum absolute atomic E-state index is 5.45. The molecule has 1 aromatic heterocycles. The van der Waals surface area contributed by atoms with Crippen molar-refractivity contribution in [2.45, 2.75) is 20.4 Å². The van der Waals surface area contributed by atoms with Crippen LogP contribution < -0.4 is 14.4 Å². The van der Waals surface area contributed by atoms with Gasteiger partial charge < -0.3 is 14.4 Å². The standard InChI is InChI=1S/C24H30N4O2/c1-18-24(19(2)28(25-18)21-8-6-5-7-9-21)27-14-12-26(13-15-27)17-20-10-11-22(29-3)23(16-20)30-4/h5-11,16H,12-15,17H2,1-4H3. The fourth-order valence-corrected chi connectivity index (χ4v) is 4.28. The summed E-state index contributed by atoms with van der Waals surface area (Å²) in [5, 5.41) is 4.81. The molecule has 6 nitrogen and oxygen atoms in total. The predicted molar refractivity (Wildman–Crippen MR) is 120 cm³/mol. The number of aromatic nitrogens is 2. The van der Waals surface area contributed by atoms with Crippen molar-refractivity contribution in [2.24, 2.45) is 0 Å². The van der Waals surface area contributed by atoms with E-state index in [1.807, 2.05) is 12.1 Å². The van der Waals surface area contributed by atoms with Gasteiger partial charge in [0.25, 0.3) is 0 Å². The van der Waals surface area contributed by atoms with Crippen LogP contribution in [0.4, 0.5) is 5.69 Å². The molecule has 0 aliphatic carbocycles. The summed E-state index contributed by atoms with van der Waals surface area (Å²) in [5.74, 6) is 1.56. The van der Waals surface area contributed by atoms with Gasteiger partial charge in [-0.3, -0.25) is 4.90 Å². The summed E-state index contributed by atoms with van der Waals surface area (Å²) in [6, 6.07) is 16.5. The fourth-order valence-electron chi connectivity index (χ4n) is 4.28. The SMILES string of the molecule is COc1ccc(CN2CCN(c3c(C)nn(-c4ccccc4)c3C)CC2)cc1OC. The van der Waals surface area contributed by atoms with Crippen LogP contribution in [0.1, 0.15) is 17.0 Å². The van der Waals surface area contributed by atoms with Crippen LogP contribution in [0.25, 0.3) is 5.69 Å². The molecule has 2 aromatic carbocycles. The molecule has 0 N–H and O–H groups in total. The molecule has 158 valence electrons. The third-order valence-corrected chi connectivity index (χ3v) is 5.80. The molecule has 1 aliphatic heterocycles. The second-order valence-corrected chi connectivity index (χ2v) is 7.72. The predicted octanol–water partition coefficient (Wildman–Crippen LogP) is 3.83. The van der Waals surface area contributed by atoms with E-state index in [1.165, 1.54) is 16.9 Å². The van der Waals surface area contributed by atoms with Crippen molar-refractivity contribution >= 4 is 5.69 Å². The summed E-state index contributed by atoms with van der Waals surface area (Å²) in [7, 11) is 3.35. The Labute approximate surface area is 178 Å². The second kappa shape index (κ2) is 8.79. The molecule has 0 radical (unpaired) electrons. The van der Waals surface area contributed by atoms with Gasteiger partial charge in [-0.05, 0) is 43.7 Å². The maximum Gasteiger partial charge on any atom is 0.161 e. The number of hydrogen-bond donors (Lipinski definition) is 0. The number of benzene rings is 2. The lowest BCUT2D eigenvalue weighted by atomic mass is 10.1. The number of piperazine rings is 1. The first-order chi connectivity index (χ1) is 14.6. The summed E-state index contributed by atoms with van der Waals surface area (Å²) in [6.07, 6.45) is 0. The fraction of sp³-hybridized carbons (Fsp3) is 0.375. The van der Waals surface area contributed by atoms with Crippen LogP contribution in [0.2, 0.25) is 0 Å². The quantitative estimate of drug-likeness (QED) is 0.622. The normalized spacial score (nSPS) is 14.7. The van der Waals surface area contributed by atoms with E-state index >= 15 is 0 Å². The van der Waals surface area contributed by atoms with E-state index in [9.17, 15) is 0 Å². The third-order valence-electron chi connectivity index (χ3n) is 5.80. The van der Waals surface area contributed by atoms with Crippen LogP contribution in [0.3, 0.4) is 0 Å². The molecule has 0 saturated carbocycles. The van der Waals surface area contributed by atoms with Crippen LogP contribution in [-0.2, 0) is 6.54 Å². The first kappa shape index (κ1) is 20.3. The molecule has 1 fully saturated rings. The summed E-state index contributed by atoms with van der Waals surface area (Å²) in [4.78, 5) is 4.96. The number of rotatable bonds is 6. The smallest absolute Gasteiger partial charge is 0.161 e. The molecule has 0 atom stereocenters. The number of hydrogen-bond acceptors (Lipinski definition) is 5. The minimum atomic E-state index is 0.771. The van der Waals surface area contributed by atoms with Gasteiger partial charge >= 0.3 is 0 Å². The maximum atomic E-state index is 5.45. The van der Waals surface area contributed by atoms with Crippen LogP contribution in [0, 0.1) is 13.8 Å². The van der Waals surface area contributed by atoms with Gasteiger partial charge in [-0.15, -0.1) is 0 Å². The molecular formula is C24H30N4O2. The topological polar surface area (TPSA) is 42.8 Å². The number of para-hydroxylation sites is 1. The molecule has 4 rings (SSSR count). The molecule has 0 bridgehead atoms. The Morgan fingerprint density at radius 1 is 0.867 bits per heavy atom. The van der Waals surface area contributed by atoms with E-state index < -0.39 is 0 Å². The first-order valence-electron chi connectivity index (χ1n) is 10.4. The lowest BCUT2D eigenvalue weighted by Crippen LogP contribution is -2.46. The summed E-state index contributed by atoms with van der Waals surface area (Å²) in [5.41, 5.74) is 5.91. The number of anilines is 1. The van der Waals surface area contributed by atoms with Crippen LogP contribution in [0.15, 0.2) is 48.5 Å². The zero-order valence-corrected chi connectivity index (χ0v) is 18.3. The van der Waals surface area contributed by atoms with Crippen molar-refractivity contribution in [1.82, 2.24) is 14.7 Å². The first-order valence-corrected chi connectivity index (χ1v) is 10.4. The highest BCUT2D eigenvalue weighted by Crippen LogP contribution is 2.30. The van der Waals surface area contributed by atoms with E-state index in [4.69, 9.17) is 14.6 Å². The van der Waals surface area contributed by atoms with Gasteiger partial charge in [-0.25, -0.2) is 4.68 Å². The van der Waals surface area contributed by atoms with Gasteiger partial charge in [0.2, 0.25) is 0 Å². The average Bonchev–Trinajstić information content (AvgIpc) is 3.08. The number of ether oxygens (including phenoxy) is 2. The third kappa shape index (κ3) is 4.00. The summed E-state index contributed by atoms with van der Waals surface area (Å²) in [6.45, 7) is 9.21. The molecular weight excluding hydrogens is 376 g/mol. The molecule has 6 heteroatoms. The summed E-state index contributed by atoms with van der Waals surface area (Å²) >= 11 is 0. The Hall–Kier alpha value is -2.99. The monoisotopic (exact) mass is 406 g/mol. The van der Waals surface area contributed by atoms with Crippen molar-refractivity contribution in [3.8, 4) is 17.2 Å². The highest BCUT2D eigenvalue weighted by atomic mass is 16.5. The number of nitrogens with zero attached hydrogens (tertiary/aromatic N) is 4. The van der Waals surface area contributed by atoms with E-state index in [2.05, 4.69) is 64.7 Å². The molecule has 30 heavy (non-hydrogen) atoms. The van der Waals surface area contributed by atoms with Gasteiger partial charge in [0, 0.05) is 32.7 Å². The molecule has 0 spiro atoms. The second-order valence-electron chi connectivity index (χ2n) is 7.72. The molecule has 2 heterocycles. The van der Waals surface area contributed by atoms with Crippen molar-refractivity contribution in [3.63, 3.8) is 0 Å². The largest absolute Gasteiger partial charge is 0.493 e. The Bertz CT molecular complexity index is 992. The van der Waals surface area contributed by atoms with E-state index in [0.717, 1.165) is 55.6 Å². The lowest BCUT2D eigenvalue weighted by Gasteiger charge is -2.36. The van der Waals surface area contributed by atoms with Crippen LogP contribution in [-0.4, -0.2) is 55.1 Å². The minimum absolute atomic E-state index is 0.771. The molecule has 0 amide bonds. The summed E-state index contributed by atoms with van der Waals surface area (Å²) < 4.78 is 12.8. The van der Waals surface area contributed by atoms with E-state index in [0.29, 0.717) is 0 Å². The zero-order valence-electron chi connectivity index (χ0n) is 18.3. The minimum Gasteiger partial charge on any atom is -0.493 e. The molecule has 0 unspecified atom stereocenters. The highest BCUT2D eigenvalue weighted by Gasteiger charge is 2.23. The van der Waals surface area contributed by atoms with Crippen molar-refractivity contribution < 1.29 is 9.47 Å². The van der Waals surface area contributed by atoms with E-state index in [-0.39, 0.29) is 0 Å². The van der Waals surface area contributed by atoms with Gasteiger partial charge in [0.1, 0.15) is 0 Å². The number of methoxy groups -OCH3 is 2. The van der Waals surface area contributed by atoms with Gasteiger partial charge in [-0.2, -0.15) is 5.10 Å². The van der Waals surface area contributed by atoms with Gasteiger partial charge in [0.15, 0.2) is 11.5 Å². The van der Waals surface area contributed by atoms with Gasteiger partial charge in [-0.1, -0.05) is 24.3 Å². The molecule has 1 saturated heterocycles. The Morgan fingerprint density at radius 3 is 2.23 bits per heavy atom. The van der Waals surface area contributed by atoms with Crippen molar-refractivity contribution in [2.75, 3.05) is 45.3 Å². The average molecular weight is 407 g/mol. The van der Waals surface area contributed by atoms with Gasteiger partial charge in [0.05, 0.1) is 37.0 Å². The van der Waals surface area contributed by atoms with Crippen molar-refractivity contribution in [3.05, 3.63) is 65.5 Å². The highest BCUT2D eigenvalue weighted by molar-refractivity contribution is 5.57. The Kier molecular flexibility index (Phi) is 5.95. The number of aryl methyl sites for hydroxylation is 1. The molecule has 3 aromatic rings. The van der Waals surface area contributed by atoms with E-state index in [1.54, 1.807) is 14.2 Å².